The molecule has 0 amide bonds. The van der Waals surface area contributed by atoms with E-state index in [1.54, 1.807) is 0 Å². The van der Waals surface area contributed by atoms with Gasteiger partial charge in [0, 0.05) is 19.3 Å². The van der Waals surface area contributed by atoms with Gasteiger partial charge in [0.25, 0.3) is 0 Å². The van der Waals surface area contributed by atoms with Gasteiger partial charge in [-0.05, 0) is 89.9 Å². The molecule has 65 heavy (non-hydrogen) atoms. The second-order valence-electron chi connectivity index (χ2n) is 18.1. The first-order valence-electron chi connectivity index (χ1n) is 27.4. The van der Waals surface area contributed by atoms with Crippen LogP contribution in [0.5, 0.6) is 0 Å². The van der Waals surface area contributed by atoms with Crippen LogP contribution in [0.4, 0.5) is 0 Å². The van der Waals surface area contributed by atoms with Crippen LogP contribution in [0.1, 0.15) is 265 Å². The lowest BCUT2D eigenvalue weighted by atomic mass is 10.0. The molecule has 0 saturated carbocycles. The van der Waals surface area contributed by atoms with E-state index in [0.29, 0.717) is 19.3 Å². The summed E-state index contributed by atoms with van der Waals surface area (Å²) in [7, 11) is 0. The fourth-order valence-electron chi connectivity index (χ4n) is 7.58. The Labute approximate surface area is 402 Å². The number of carbonyl (C=O) groups is 3. The fourth-order valence-corrected chi connectivity index (χ4v) is 7.58. The minimum atomic E-state index is -0.792. The molecule has 374 valence electrons. The van der Waals surface area contributed by atoms with Crippen molar-refractivity contribution < 1.29 is 28.6 Å². The van der Waals surface area contributed by atoms with Crippen molar-refractivity contribution in [3.63, 3.8) is 0 Å². The van der Waals surface area contributed by atoms with Crippen LogP contribution in [0.25, 0.3) is 0 Å². The van der Waals surface area contributed by atoms with Gasteiger partial charge in [-0.3, -0.25) is 14.4 Å². The zero-order chi connectivity index (χ0) is 47.2. The molecule has 0 N–H and O–H groups in total. The lowest BCUT2D eigenvalue weighted by molar-refractivity contribution is -0.167. The topological polar surface area (TPSA) is 78.9 Å². The van der Waals surface area contributed by atoms with E-state index in [-0.39, 0.29) is 31.1 Å². The number of allylic oxidation sites excluding steroid dienone is 12. The van der Waals surface area contributed by atoms with Crippen molar-refractivity contribution in [2.45, 2.75) is 271 Å². The van der Waals surface area contributed by atoms with E-state index in [4.69, 9.17) is 14.2 Å². The molecule has 0 rings (SSSR count). The van der Waals surface area contributed by atoms with E-state index in [1.807, 2.05) is 0 Å². The van der Waals surface area contributed by atoms with Crippen LogP contribution in [0.15, 0.2) is 72.9 Å². The molecule has 0 aromatic carbocycles. The molecule has 0 aliphatic rings. The number of hydrogen-bond acceptors (Lipinski definition) is 6. The van der Waals surface area contributed by atoms with Gasteiger partial charge in [-0.25, -0.2) is 0 Å². The van der Waals surface area contributed by atoms with E-state index in [1.165, 1.54) is 109 Å². The Hall–Kier alpha value is -3.15. The average Bonchev–Trinajstić information content (AvgIpc) is 3.30. The zero-order valence-corrected chi connectivity index (χ0v) is 42.7. The van der Waals surface area contributed by atoms with Gasteiger partial charge in [0.2, 0.25) is 0 Å². The van der Waals surface area contributed by atoms with E-state index in [9.17, 15) is 14.4 Å². The second kappa shape index (κ2) is 53.5. The van der Waals surface area contributed by atoms with Crippen molar-refractivity contribution in [3.8, 4) is 0 Å². The molecule has 0 bridgehead atoms. The standard InChI is InChI=1S/C59H102O6/c1-4-7-10-13-16-19-22-25-28-29-32-35-38-41-44-47-50-53-59(62)65-56(54-63-57(60)51-48-45-42-39-36-33-30-26-23-20-17-14-11-8-5-2)55-64-58(61)52-49-46-43-40-37-34-31-27-24-21-18-15-12-9-6-3/h7,10,16-17,19-20,25-26,28,30,32,35,56H,4-6,8-9,11-15,18,21-24,27,29,31,33-34,36-55H2,1-3H3/b10-7-,19-16-,20-17-,28-25-,30-26-,35-32-/t56-/m1/s1. The van der Waals surface area contributed by atoms with Crippen molar-refractivity contribution in [1.29, 1.82) is 0 Å². The van der Waals surface area contributed by atoms with Crippen LogP contribution in [0.3, 0.4) is 0 Å². The van der Waals surface area contributed by atoms with Crippen molar-refractivity contribution >= 4 is 17.9 Å². The third kappa shape index (κ3) is 51.7. The van der Waals surface area contributed by atoms with E-state index < -0.39 is 6.10 Å². The zero-order valence-electron chi connectivity index (χ0n) is 42.7. The lowest BCUT2D eigenvalue weighted by Crippen LogP contribution is -2.30. The maximum Gasteiger partial charge on any atom is 0.306 e. The van der Waals surface area contributed by atoms with Gasteiger partial charge in [-0.15, -0.1) is 0 Å². The van der Waals surface area contributed by atoms with Crippen LogP contribution in [0, 0.1) is 0 Å². The van der Waals surface area contributed by atoms with Crippen LogP contribution in [-0.4, -0.2) is 37.2 Å². The molecule has 0 aromatic heterocycles. The second-order valence-corrected chi connectivity index (χ2v) is 18.1. The molecule has 6 heteroatoms. The maximum absolute atomic E-state index is 12.8. The van der Waals surface area contributed by atoms with Gasteiger partial charge >= 0.3 is 17.9 Å². The first kappa shape index (κ1) is 61.9. The SMILES string of the molecule is CC/C=C\C/C=C\C/C=C\C/C=C\CCCCCCC(=O)O[C@H](COC(=O)CCCCCCC/C=C\C/C=C\CCCCC)COC(=O)CCCCCCCCCCCCCCCCC. The Morgan fingerprint density at radius 2 is 0.600 bits per heavy atom. The number of rotatable bonds is 49. The summed E-state index contributed by atoms with van der Waals surface area (Å²) in [5, 5.41) is 0. The number of carbonyl (C=O) groups excluding carboxylic acids is 3. The van der Waals surface area contributed by atoms with Crippen LogP contribution < -0.4 is 0 Å². The molecule has 0 aliphatic carbocycles. The van der Waals surface area contributed by atoms with Crippen molar-refractivity contribution in [2.24, 2.45) is 0 Å². The normalized spacial score (nSPS) is 12.6. The Morgan fingerprint density at radius 3 is 0.969 bits per heavy atom. The Kier molecular flexibility index (Phi) is 50.9. The van der Waals surface area contributed by atoms with Gasteiger partial charge in [0.15, 0.2) is 6.10 Å². The molecule has 0 unspecified atom stereocenters. The highest BCUT2D eigenvalue weighted by atomic mass is 16.6. The third-order valence-corrected chi connectivity index (χ3v) is 11.7. The molecule has 0 aromatic rings. The van der Waals surface area contributed by atoms with Crippen LogP contribution in [0.2, 0.25) is 0 Å². The van der Waals surface area contributed by atoms with Crippen molar-refractivity contribution in [1.82, 2.24) is 0 Å². The Bertz CT molecular complexity index is 1230. The summed E-state index contributed by atoms with van der Waals surface area (Å²) in [6.45, 7) is 6.48. The smallest absolute Gasteiger partial charge is 0.306 e. The quantitative estimate of drug-likeness (QED) is 0.0262. The molecule has 0 saturated heterocycles. The number of unbranched alkanes of at least 4 members (excludes halogenated alkanes) is 26. The Morgan fingerprint density at radius 1 is 0.323 bits per heavy atom. The summed E-state index contributed by atoms with van der Waals surface area (Å²) >= 11 is 0. The minimum absolute atomic E-state index is 0.0881. The summed E-state index contributed by atoms with van der Waals surface area (Å²) in [5.74, 6) is -0.920. The minimum Gasteiger partial charge on any atom is -0.462 e. The molecule has 0 spiro atoms. The number of hydrogen-bond donors (Lipinski definition) is 0. The van der Waals surface area contributed by atoms with Gasteiger partial charge in [0.1, 0.15) is 13.2 Å². The third-order valence-electron chi connectivity index (χ3n) is 11.7. The molecule has 1 atom stereocenters. The van der Waals surface area contributed by atoms with Gasteiger partial charge in [-0.1, -0.05) is 229 Å². The molecule has 6 nitrogen and oxygen atoms in total. The highest BCUT2D eigenvalue weighted by Crippen LogP contribution is 2.15. The molecule has 0 fully saturated rings. The predicted molar refractivity (Wildman–Crippen MR) is 279 cm³/mol. The summed E-state index contributed by atoms with van der Waals surface area (Å²) in [5.41, 5.74) is 0. The molecular weight excluding hydrogens is 805 g/mol. The summed E-state index contributed by atoms with van der Waals surface area (Å²) in [4.78, 5) is 38.1. The number of ether oxygens (including phenoxy) is 3. The largest absolute Gasteiger partial charge is 0.462 e. The highest BCUT2D eigenvalue weighted by molar-refractivity contribution is 5.71. The lowest BCUT2D eigenvalue weighted by Gasteiger charge is -2.18. The van der Waals surface area contributed by atoms with Gasteiger partial charge < -0.3 is 14.2 Å². The first-order valence-corrected chi connectivity index (χ1v) is 27.4. The van der Waals surface area contributed by atoms with E-state index >= 15 is 0 Å². The number of esters is 3. The maximum atomic E-state index is 12.8. The molecular formula is C59H102O6. The first-order chi connectivity index (χ1) is 32.0. The monoisotopic (exact) mass is 907 g/mol. The predicted octanol–water partition coefficient (Wildman–Crippen LogP) is 18.2. The van der Waals surface area contributed by atoms with Crippen LogP contribution >= 0.6 is 0 Å². The molecule has 0 radical (unpaired) electrons. The molecule has 0 aliphatic heterocycles. The Balaban J connectivity index is 4.44. The van der Waals surface area contributed by atoms with Crippen molar-refractivity contribution in [3.05, 3.63) is 72.9 Å². The average molecular weight is 907 g/mol. The highest BCUT2D eigenvalue weighted by Gasteiger charge is 2.19. The van der Waals surface area contributed by atoms with E-state index in [0.717, 1.165) is 116 Å². The van der Waals surface area contributed by atoms with Crippen molar-refractivity contribution in [2.75, 3.05) is 13.2 Å². The molecule has 0 heterocycles. The summed E-state index contributed by atoms with van der Waals surface area (Å²) < 4.78 is 16.8. The van der Waals surface area contributed by atoms with Gasteiger partial charge in [-0.2, -0.15) is 0 Å². The van der Waals surface area contributed by atoms with Crippen LogP contribution in [-0.2, 0) is 28.6 Å². The van der Waals surface area contributed by atoms with Gasteiger partial charge in [0.05, 0.1) is 0 Å². The summed E-state index contributed by atoms with van der Waals surface area (Å²) in [6.07, 6.45) is 67.4. The fraction of sp³-hybridized carbons (Fsp3) is 0.746. The van der Waals surface area contributed by atoms with E-state index in [2.05, 4.69) is 93.7 Å². The summed E-state index contributed by atoms with van der Waals surface area (Å²) in [6, 6.07) is 0.